The standard InChI is InChI=1S/C16H14ClNO4/c1-21-12-6-4-5-11(9-12)16(20)22-10-15(19)18-14-8-3-2-7-13(14)17/h2-9H,10H2,1H3,(H,18,19). The molecule has 0 aliphatic heterocycles. The van der Waals surface area contributed by atoms with Gasteiger partial charge in [0.15, 0.2) is 6.61 Å². The van der Waals surface area contributed by atoms with Crippen LogP contribution in [-0.4, -0.2) is 25.6 Å². The van der Waals surface area contributed by atoms with Crippen LogP contribution in [0.4, 0.5) is 5.69 Å². The number of nitrogens with one attached hydrogen (secondary N) is 1. The lowest BCUT2D eigenvalue weighted by Gasteiger charge is -2.08. The van der Waals surface area contributed by atoms with E-state index in [1.165, 1.54) is 13.2 Å². The minimum atomic E-state index is -0.604. The molecule has 2 aromatic carbocycles. The fourth-order valence-corrected chi connectivity index (χ4v) is 1.90. The third-order valence-electron chi connectivity index (χ3n) is 2.79. The van der Waals surface area contributed by atoms with E-state index in [0.717, 1.165) is 0 Å². The molecule has 0 spiro atoms. The molecule has 0 bridgehead atoms. The minimum absolute atomic E-state index is 0.310. The second-order valence-corrected chi connectivity index (χ2v) is 4.74. The zero-order valence-electron chi connectivity index (χ0n) is 11.8. The quantitative estimate of drug-likeness (QED) is 0.860. The highest BCUT2D eigenvalue weighted by atomic mass is 35.5. The number of methoxy groups -OCH3 is 1. The Hall–Kier alpha value is -2.53. The Labute approximate surface area is 132 Å². The molecule has 0 unspecified atom stereocenters. The van der Waals surface area contributed by atoms with Crippen LogP contribution >= 0.6 is 11.6 Å². The SMILES string of the molecule is COc1cccc(C(=O)OCC(=O)Nc2ccccc2Cl)c1. The summed E-state index contributed by atoms with van der Waals surface area (Å²) in [4.78, 5) is 23.6. The van der Waals surface area contributed by atoms with Gasteiger partial charge in [-0.1, -0.05) is 29.8 Å². The number of para-hydroxylation sites is 1. The average Bonchev–Trinajstić information content (AvgIpc) is 2.55. The van der Waals surface area contributed by atoms with Crippen LogP contribution in [0.1, 0.15) is 10.4 Å². The van der Waals surface area contributed by atoms with Crippen molar-refractivity contribution in [3.8, 4) is 5.75 Å². The van der Waals surface area contributed by atoms with Gasteiger partial charge in [0.1, 0.15) is 5.75 Å². The number of anilines is 1. The van der Waals surface area contributed by atoms with E-state index in [0.29, 0.717) is 22.0 Å². The highest BCUT2D eigenvalue weighted by Crippen LogP contribution is 2.20. The van der Waals surface area contributed by atoms with Gasteiger partial charge in [-0.2, -0.15) is 0 Å². The van der Waals surface area contributed by atoms with Crippen molar-refractivity contribution in [3.63, 3.8) is 0 Å². The maximum absolute atomic E-state index is 11.9. The molecule has 6 heteroatoms. The average molecular weight is 320 g/mol. The van der Waals surface area contributed by atoms with Crippen LogP contribution < -0.4 is 10.1 Å². The van der Waals surface area contributed by atoms with Crippen molar-refractivity contribution >= 4 is 29.2 Å². The first-order valence-corrected chi connectivity index (χ1v) is 6.83. The summed E-state index contributed by atoms with van der Waals surface area (Å²) in [6.45, 7) is -0.402. The molecule has 0 aliphatic carbocycles. The van der Waals surface area contributed by atoms with E-state index in [4.69, 9.17) is 21.1 Å². The molecule has 1 amide bonds. The number of carbonyl (C=O) groups is 2. The molecule has 2 rings (SSSR count). The van der Waals surface area contributed by atoms with Crippen LogP contribution in [0.5, 0.6) is 5.75 Å². The number of esters is 1. The summed E-state index contributed by atoms with van der Waals surface area (Å²) in [5.74, 6) is -0.535. The Morgan fingerprint density at radius 1 is 1.14 bits per heavy atom. The van der Waals surface area contributed by atoms with Gasteiger partial charge in [-0.05, 0) is 30.3 Å². The highest BCUT2D eigenvalue weighted by Gasteiger charge is 2.12. The van der Waals surface area contributed by atoms with Crippen molar-refractivity contribution in [1.29, 1.82) is 0 Å². The number of hydrogen-bond acceptors (Lipinski definition) is 4. The van der Waals surface area contributed by atoms with E-state index in [1.54, 1.807) is 42.5 Å². The van der Waals surface area contributed by atoms with Gasteiger partial charge >= 0.3 is 5.97 Å². The number of hydrogen-bond donors (Lipinski definition) is 1. The normalized spacial score (nSPS) is 9.91. The Bertz CT molecular complexity index is 687. The third kappa shape index (κ3) is 4.23. The number of carbonyl (C=O) groups excluding carboxylic acids is 2. The number of amides is 1. The fraction of sp³-hybridized carbons (Fsp3) is 0.125. The van der Waals surface area contributed by atoms with Crippen LogP contribution in [0.15, 0.2) is 48.5 Å². The first kappa shape index (κ1) is 15.9. The zero-order chi connectivity index (χ0) is 15.9. The number of benzene rings is 2. The summed E-state index contributed by atoms with van der Waals surface area (Å²) in [6.07, 6.45) is 0. The predicted octanol–water partition coefficient (Wildman–Crippen LogP) is 3.14. The number of halogens is 1. The van der Waals surface area contributed by atoms with Crippen molar-refractivity contribution in [1.82, 2.24) is 0 Å². The molecule has 0 fully saturated rings. The molecular weight excluding hydrogens is 306 g/mol. The van der Waals surface area contributed by atoms with E-state index in [1.807, 2.05) is 0 Å². The lowest BCUT2D eigenvalue weighted by Crippen LogP contribution is -2.21. The van der Waals surface area contributed by atoms with Gasteiger partial charge in [-0.3, -0.25) is 4.79 Å². The molecule has 0 aromatic heterocycles. The third-order valence-corrected chi connectivity index (χ3v) is 3.12. The largest absolute Gasteiger partial charge is 0.497 e. The van der Waals surface area contributed by atoms with Gasteiger partial charge < -0.3 is 14.8 Å². The summed E-state index contributed by atoms with van der Waals surface area (Å²) in [6, 6.07) is 13.3. The molecular formula is C16H14ClNO4. The molecule has 1 N–H and O–H groups in total. The van der Waals surface area contributed by atoms with E-state index >= 15 is 0 Å². The monoisotopic (exact) mass is 319 g/mol. The minimum Gasteiger partial charge on any atom is -0.497 e. The van der Waals surface area contributed by atoms with E-state index in [9.17, 15) is 9.59 Å². The molecule has 0 saturated carbocycles. The molecule has 0 aliphatic rings. The first-order chi connectivity index (χ1) is 10.6. The van der Waals surface area contributed by atoms with Gasteiger partial charge in [0.05, 0.1) is 23.4 Å². The van der Waals surface area contributed by atoms with Crippen LogP contribution in [0, 0.1) is 0 Å². The van der Waals surface area contributed by atoms with Crippen molar-refractivity contribution in [3.05, 3.63) is 59.1 Å². The molecule has 0 saturated heterocycles. The topological polar surface area (TPSA) is 64.6 Å². The first-order valence-electron chi connectivity index (χ1n) is 6.45. The Balaban J connectivity index is 1.90. The van der Waals surface area contributed by atoms with Gasteiger partial charge in [0.2, 0.25) is 0 Å². The molecule has 0 atom stereocenters. The maximum atomic E-state index is 11.9. The summed E-state index contributed by atoms with van der Waals surface area (Å²) in [7, 11) is 1.50. The molecule has 0 radical (unpaired) electrons. The van der Waals surface area contributed by atoms with Crippen molar-refractivity contribution in [2.24, 2.45) is 0 Å². The van der Waals surface area contributed by atoms with Crippen LogP contribution in [0.2, 0.25) is 5.02 Å². The summed E-state index contributed by atoms with van der Waals surface area (Å²) in [5, 5.41) is 2.98. The molecule has 5 nitrogen and oxygen atoms in total. The second kappa shape index (κ2) is 7.47. The van der Waals surface area contributed by atoms with Gasteiger partial charge in [-0.15, -0.1) is 0 Å². The fourth-order valence-electron chi connectivity index (χ4n) is 1.71. The van der Waals surface area contributed by atoms with Crippen LogP contribution in [0.25, 0.3) is 0 Å². The second-order valence-electron chi connectivity index (χ2n) is 4.34. The zero-order valence-corrected chi connectivity index (χ0v) is 12.6. The molecule has 22 heavy (non-hydrogen) atoms. The summed E-state index contributed by atoms with van der Waals surface area (Å²) < 4.78 is 9.97. The van der Waals surface area contributed by atoms with Gasteiger partial charge in [-0.25, -0.2) is 4.79 Å². The highest BCUT2D eigenvalue weighted by molar-refractivity contribution is 6.33. The smallest absolute Gasteiger partial charge is 0.338 e. The lowest BCUT2D eigenvalue weighted by molar-refractivity contribution is -0.119. The van der Waals surface area contributed by atoms with E-state index in [-0.39, 0.29) is 0 Å². The summed E-state index contributed by atoms with van der Waals surface area (Å²) in [5.41, 5.74) is 0.775. The molecule has 114 valence electrons. The summed E-state index contributed by atoms with van der Waals surface area (Å²) >= 11 is 5.92. The van der Waals surface area contributed by atoms with Crippen molar-refractivity contribution in [2.45, 2.75) is 0 Å². The van der Waals surface area contributed by atoms with Crippen LogP contribution in [-0.2, 0) is 9.53 Å². The molecule has 2 aromatic rings. The van der Waals surface area contributed by atoms with Crippen molar-refractivity contribution in [2.75, 3.05) is 19.0 Å². The Morgan fingerprint density at radius 2 is 1.91 bits per heavy atom. The van der Waals surface area contributed by atoms with Crippen molar-refractivity contribution < 1.29 is 19.1 Å². The lowest BCUT2D eigenvalue weighted by atomic mass is 10.2. The Morgan fingerprint density at radius 3 is 2.64 bits per heavy atom. The number of rotatable bonds is 5. The van der Waals surface area contributed by atoms with Crippen LogP contribution in [0.3, 0.4) is 0 Å². The predicted molar refractivity (Wildman–Crippen MR) is 83.4 cm³/mol. The molecule has 0 heterocycles. The van der Waals surface area contributed by atoms with E-state index < -0.39 is 18.5 Å². The maximum Gasteiger partial charge on any atom is 0.338 e. The van der Waals surface area contributed by atoms with Gasteiger partial charge in [0, 0.05) is 0 Å². The number of ether oxygens (including phenoxy) is 2. The van der Waals surface area contributed by atoms with Gasteiger partial charge in [0.25, 0.3) is 5.91 Å². The Kier molecular flexibility index (Phi) is 5.38. The van der Waals surface area contributed by atoms with E-state index in [2.05, 4.69) is 5.32 Å².